The van der Waals surface area contributed by atoms with Crippen molar-refractivity contribution in [3.63, 3.8) is 0 Å². The van der Waals surface area contributed by atoms with E-state index in [1.807, 2.05) is 6.07 Å². The van der Waals surface area contributed by atoms with Crippen molar-refractivity contribution in [3.05, 3.63) is 36.1 Å². The number of hydrogen-bond acceptors (Lipinski definition) is 2. The first-order valence-corrected chi connectivity index (χ1v) is 4.13. The molecular formula is C10H8ClNO. The van der Waals surface area contributed by atoms with Crippen molar-refractivity contribution in [3.8, 4) is 17.6 Å². The molecule has 1 aromatic heterocycles. The summed E-state index contributed by atoms with van der Waals surface area (Å²) in [7, 11) is 0. The van der Waals surface area contributed by atoms with Crippen LogP contribution in [0.5, 0.6) is 5.75 Å². The zero-order valence-corrected chi connectivity index (χ0v) is 7.66. The summed E-state index contributed by atoms with van der Waals surface area (Å²) in [6.07, 6.45) is 4.88. The summed E-state index contributed by atoms with van der Waals surface area (Å²) in [5.74, 6) is 6.18. The minimum Gasteiger partial charge on any atom is -0.479 e. The maximum Gasteiger partial charge on any atom is 0.149 e. The van der Waals surface area contributed by atoms with Gasteiger partial charge in [0.1, 0.15) is 12.4 Å². The SMILES string of the molecule is Cl/C=C\C#CCOc1cccnc1. The lowest BCUT2D eigenvalue weighted by Gasteiger charge is -1.98. The Bertz CT molecular complexity index is 324. The number of rotatable bonds is 2. The lowest BCUT2D eigenvalue weighted by atomic mass is 10.5. The molecule has 0 saturated heterocycles. The van der Waals surface area contributed by atoms with E-state index in [0.717, 1.165) is 0 Å². The molecular weight excluding hydrogens is 186 g/mol. The van der Waals surface area contributed by atoms with Crippen molar-refractivity contribution in [2.24, 2.45) is 0 Å². The van der Waals surface area contributed by atoms with Crippen LogP contribution in [0, 0.1) is 11.8 Å². The third kappa shape index (κ3) is 4.19. The molecule has 0 aliphatic rings. The largest absolute Gasteiger partial charge is 0.479 e. The van der Waals surface area contributed by atoms with Gasteiger partial charge in [0.2, 0.25) is 0 Å². The Hall–Kier alpha value is -1.46. The molecule has 0 unspecified atom stereocenters. The molecule has 1 heterocycles. The van der Waals surface area contributed by atoms with Gasteiger partial charge < -0.3 is 4.74 Å². The molecule has 0 bridgehead atoms. The average Bonchev–Trinajstić information content (AvgIpc) is 2.19. The molecule has 3 heteroatoms. The van der Waals surface area contributed by atoms with E-state index in [1.54, 1.807) is 24.5 Å². The highest BCUT2D eigenvalue weighted by molar-refractivity contribution is 6.25. The molecule has 0 N–H and O–H groups in total. The van der Waals surface area contributed by atoms with E-state index in [0.29, 0.717) is 12.4 Å². The summed E-state index contributed by atoms with van der Waals surface area (Å²) in [5.41, 5.74) is 1.36. The van der Waals surface area contributed by atoms with Gasteiger partial charge in [0.15, 0.2) is 0 Å². The molecule has 0 aromatic carbocycles. The molecule has 0 aliphatic heterocycles. The summed E-state index contributed by atoms with van der Waals surface area (Å²) in [6.45, 7) is 0.340. The summed E-state index contributed by atoms with van der Waals surface area (Å²) in [5, 5.41) is 0. The molecule has 0 aliphatic carbocycles. The summed E-state index contributed by atoms with van der Waals surface area (Å²) >= 11 is 5.26. The monoisotopic (exact) mass is 193 g/mol. The molecule has 2 nitrogen and oxygen atoms in total. The summed E-state index contributed by atoms with van der Waals surface area (Å²) < 4.78 is 5.24. The van der Waals surface area contributed by atoms with Crippen LogP contribution in [0.4, 0.5) is 0 Å². The van der Waals surface area contributed by atoms with Gasteiger partial charge in [-0.3, -0.25) is 4.98 Å². The number of ether oxygens (including phenoxy) is 1. The van der Waals surface area contributed by atoms with Crippen LogP contribution in [0.2, 0.25) is 0 Å². The fourth-order valence-electron chi connectivity index (χ4n) is 0.684. The molecule has 13 heavy (non-hydrogen) atoms. The van der Waals surface area contributed by atoms with Gasteiger partial charge in [-0.2, -0.15) is 0 Å². The van der Waals surface area contributed by atoms with Crippen molar-refractivity contribution in [1.82, 2.24) is 4.98 Å². The lowest BCUT2D eigenvalue weighted by Crippen LogP contribution is -1.93. The standard InChI is InChI=1S/C10H8ClNO/c11-6-2-1-3-8-13-10-5-4-7-12-9-10/h2,4-7,9H,8H2/b6-2-. The predicted molar refractivity (Wildman–Crippen MR) is 52.5 cm³/mol. The minimum absolute atomic E-state index is 0.340. The van der Waals surface area contributed by atoms with Crippen LogP contribution in [0.1, 0.15) is 0 Å². The van der Waals surface area contributed by atoms with Crippen LogP contribution in [0.3, 0.4) is 0 Å². The Kier molecular flexibility index (Phi) is 4.52. The first kappa shape index (κ1) is 9.63. The normalized spacial score (nSPS) is 9.31. The van der Waals surface area contributed by atoms with Crippen LogP contribution in [0.25, 0.3) is 0 Å². The molecule has 0 fully saturated rings. The minimum atomic E-state index is 0.340. The second kappa shape index (κ2) is 6.10. The van der Waals surface area contributed by atoms with E-state index in [9.17, 15) is 0 Å². The van der Waals surface area contributed by atoms with Gasteiger partial charge in [0, 0.05) is 11.7 Å². The van der Waals surface area contributed by atoms with Gasteiger partial charge in [0.05, 0.1) is 6.20 Å². The fourth-order valence-corrected chi connectivity index (χ4v) is 0.747. The van der Waals surface area contributed by atoms with E-state index in [2.05, 4.69) is 16.8 Å². The number of nitrogens with zero attached hydrogens (tertiary/aromatic N) is 1. The van der Waals surface area contributed by atoms with Crippen LogP contribution in [0.15, 0.2) is 36.1 Å². The topological polar surface area (TPSA) is 22.1 Å². The van der Waals surface area contributed by atoms with Gasteiger partial charge in [-0.25, -0.2) is 0 Å². The van der Waals surface area contributed by atoms with Crippen LogP contribution >= 0.6 is 11.6 Å². The molecule has 0 saturated carbocycles. The second-order valence-electron chi connectivity index (χ2n) is 2.09. The predicted octanol–water partition coefficient (Wildman–Crippen LogP) is 2.22. The zero-order chi connectivity index (χ0) is 9.36. The van der Waals surface area contributed by atoms with Gasteiger partial charge in [0.25, 0.3) is 0 Å². The molecule has 66 valence electrons. The third-order valence-corrected chi connectivity index (χ3v) is 1.32. The number of aromatic nitrogens is 1. The van der Waals surface area contributed by atoms with E-state index >= 15 is 0 Å². The molecule has 1 aromatic rings. The van der Waals surface area contributed by atoms with E-state index < -0.39 is 0 Å². The zero-order valence-electron chi connectivity index (χ0n) is 6.90. The average molecular weight is 194 g/mol. The maximum atomic E-state index is 5.26. The van der Waals surface area contributed by atoms with Gasteiger partial charge in [-0.15, -0.1) is 0 Å². The van der Waals surface area contributed by atoms with Crippen molar-refractivity contribution in [2.75, 3.05) is 6.61 Å². The number of halogens is 1. The van der Waals surface area contributed by atoms with Gasteiger partial charge >= 0.3 is 0 Å². The highest BCUT2D eigenvalue weighted by atomic mass is 35.5. The smallest absolute Gasteiger partial charge is 0.149 e. The number of allylic oxidation sites excluding steroid dienone is 1. The Morgan fingerprint density at radius 3 is 3.23 bits per heavy atom. The van der Waals surface area contributed by atoms with Crippen molar-refractivity contribution >= 4 is 11.6 Å². The molecule has 0 amide bonds. The van der Waals surface area contributed by atoms with Crippen molar-refractivity contribution in [2.45, 2.75) is 0 Å². The van der Waals surface area contributed by atoms with Crippen LogP contribution in [-0.4, -0.2) is 11.6 Å². The van der Waals surface area contributed by atoms with Gasteiger partial charge in [-0.1, -0.05) is 23.4 Å². The van der Waals surface area contributed by atoms with Crippen LogP contribution < -0.4 is 4.74 Å². The van der Waals surface area contributed by atoms with E-state index in [4.69, 9.17) is 16.3 Å². The first-order valence-electron chi connectivity index (χ1n) is 3.70. The van der Waals surface area contributed by atoms with Crippen molar-refractivity contribution in [1.29, 1.82) is 0 Å². The highest BCUT2D eigenvalue weighted by Gasteiger charge is 1.86. The molecule has 0 spiro atoms. The van der Waals surface area contributed by atoms with Crippen LogP contribution in [-0.2, 0) is 0 Å². The Labute approximate surface area is 82.2 Å². The Morgan fingerprint density at radius 2 is 2.54 bits per heavy atom. The maximum absolute atomic E-state index is 5.26. The van der Waals surface area contributed by atoms with E-state index in [1.165, 1.54) is 5.54 Å². The molecule has 1 rings (SSSR count). The summed E-state index contributed by atoms with van der Waals surface area (Å²) in [4.78, 5) is 3.89. The number of hydrogen-bond donors (Lipinski definition) is 0. The number of pyridine rings is 1. The Balaban J connectivity index is 2.33. The highest BCUT2D eigenvalue weighted by Crippen LogP contribution is 2.04. The second-order valence-corrected chi connectivity index (χ2v) is 2.34. The first-order chi connectivity index (χ1) is 6.43. The molecule has 0 radical (unpaired) electrons. The quantitative estimate of drug-likeness (QED) is 0.672. The van der Waals surface area contributed by atoms with E-state index in [-0.39, 0.29) is 0 Å². The third-order valence-electron chi connectivity index (χ3n) is 1.19. The van der Waals surface area contributed by atoms with Crippen molar-refractivity contribution < 1.29 is 4.74 Å². The molecule has 0 atom stereocenters. The van der Waals surface area contributed by atoms with Gasteiger partial charge in [-0.05, 0) is 18.2 Å². The Morgan fingerprint density at radius 1 is 1.62 bits per heavy atom. The fraction of sp³-hybridized carbons (Fsp3) is 0.100. The summed E-state index contributed by atoms with van der Waals surface area (Å²) in [6, 6.07) is 3.63. The lowest BCUT2D eigenvalue weighted by molar-refractivity contribution is 0.368.